The minimum Gasteiger partial charge on any atom is -0.384 e. The van der Waals surface area contributed by atoms with E-state index in [1.54, 1.807) is 6.20 Å². The summed E-state index contributed by atoms with van der Waals surface area (Å²) in [5.41, 5.74) is 6.53. The molecule has 2 aromatic rings. The number of rotatable bonds is 6. The molecule has 0 bridgehead atoms. The van der Waals surface area contributed by atoms with E-state index >= 15 is 0 Å². The van der Waals surface area contributed by atoms with Crippen LogP contribution in [-0.2, 0) is 16.8 Å². The van der Waals surface area contributed by atoms with Gasteiger partial charge in [0.25, 0.3) is 0 Å². The van der Waals surface area contributed by atoms with Gasteiger partial charge in [-0.15, -0.1) is 0 Å². The molecule has 1 aliphatic carbocycles. The van der Waals surface area contributed by atoms with Crippen molar-refractivity contribution in [2.24, 2.45) is 5.92 Å². The normalized spacial score (nSPS) is 23.5. The lowest BCUT2D eigenvalue weighted by Crippen LogP contribution is -2.51. The van der Waals surface area contributed by atoms with Crippen LogP contribution < -0.4 is 15.2 Å². The molecule has 176 valence electrons. The van der Waals surface area contributed by atoms with Crippen LogP contribution in [0, 0.1) is 5.92 Å². The number of nitrogens with one attached hydrogen (secondary N) is 1. The molecule has 3 heterocycles. The first-order valence-electron chi connectivity index (χ1n) is 12.3. The van der Waals surface area contributed by atoms with Crippen molar-refractivity contribution in [1.82, 2.24) is 15.4 Å². The molecule has 2 aliphatic heterocycles. The molecule has 7 heteroatoms. The second kappa shape index (κ2) is 9.41. The van der Waals surface area contributed by atoms with E-state index in [0.29, 0.717) is 0 Å². The maximum atomic E-state index is 13.3. The Morgan fingerprint density at radius 2 is 1.82 bits per heavy atom. The second-order valence-corrected chi connectivity index (χ2v) is 9.65. The molecule has 2 N–H and O–H groups in total. The predicted octanol–water partition coefficient (Wildman–Crippen LogP) is 2.70. The van der Waals surface area contributed by atoms with Crippen molar-refractivity contribution in [2.45, 2.75) is 44.1 Å². The Hall–Kier alpha value is -2.48. The molecule has 5 rings (SSSR count). The number of hydrogen-bond acceptors (Lipinski definition) is 6. The van der Waals surface area contributed by atoms with Gasteiger partial charge < -0.3 is 14.9 Å². The molecule has 1 saturated carbocycles. The van der Waals surface area contributed by atoms with Crippen LogP contribution in [0.3, 0.4) is 0 Å². The first-order valence-corrected chi connectivity index (χ1v) is 12.3. The number of aliphatic hydroxyl groups is 1. The highest BCUT2D eigenvalue weighted by atomic mass is 16.3. The van der Waals surface area contributed by atoms with Crippen LogP contribution >= 0.6 is 0 Å². The number of piperazine rings is 1. The maximum absolute atomic E-state index is 13.3. The first-order chi connectivity index (χ1) is 16.1. The number of carbonyl (C=O) groups excluding carboxylic acids is 1. The molecule has 2 saturated heterocycles. The largest absolute Gasteiger partial charge is 0.384 e. The Labute approximate surface area is 196 Å². The number of carbonyl (C=O) groups is 1. The van der Waals surface area contributed by atoms with E-state index in [1.165, 1.54) is 11.3 Å². The van der Waals surface area contributed by atoms with Gasteiger partial charge in [-0.1, -0.05) is 31.0 Å². The zero-order valence-electron chi connectivity index (χ0n) is 19.5. The van der Waals surface area contributed by atoms with Gasteiger partial charge in [0, 0.05) is 44.3 Å². The molecule has 1 aromatic carbocycles. The third kappa shape index (κ3) is 4.50. The maximum Gasteiger partial charge on any atom is 0.230 e. The summed E-state index contributed by atoms with van der Waals surface area (Å²) in [4.78, 5) is 22.2. The standard InChI is InChI=1S/C26H35N5O2/c1-27-30-16-14-29(15-17-30)23-7-3-2-6-20(23)18-21-10-13-31(25(21)32)22-8-9-24(28-19-22)26(33)11-4-5-12-26/h2-3,6-9,19,21,27,33H,4-5,10-18H2,1H3. The number of nitrogens with zero attached hydrogens (tertiary/aromatic N) is 4. The third-order valence-electron chi connectivity index (χ3n) is 7.68. The number of pyridine rings is 1. The van der Waals surface area contributed by atoms with E-state index in [2.05, 4.69) is 44.6 Å². The lowest BCUT2D eigenvalue weighted by molar-refractivity contribution is -0.120. The molecule has 7 nitrogen and oxygen atoms in total. The molecule has 0 radical (unpaired) electrons. The van der Waals surface area contributed by atoms with Crippen LogP contribution in [0.2, 0.25) is 0 Å². The van der Waals surface area contributed by atoms with Gasteiger partial charge in [0.05, 0.1) is 17.6 Å². The Bertz CT molecular complexity index is 965. The topological polar surface area (TPSA) is 71.9 Å². The van der Waals surface area contributed by atoms with Gasteiger partial charge in [-0.25, -0.2) is 5.01 Å². The Morgan fingerprint density at radius 1 is 1.06 bits per heavy atom. The Balaban J connectivity index is 1.26. The van der Waals surface area contributed by atoms with Crippen molar-refractivity contribution in [2.75, 3.05) is 49.6 Å². The predicted molar refractivity (Wildman–Crippen MR) is 130 cm³/mol. The highest BCUT2D eigenvalue weighted by molar-refractivity contribution is 5.97. The first kappa shape index (κ1) is 22.3. The van der Waals surface area contributed by atoms with Gasteiger partial charge in [-0.2, -0.15) is 0 Å². The number of amides is 1. The fraction of sp³-hybridized carbons (Fsp3) is 0.538. The molecule has 1 unspecified atom stereocenters. The zero-order valence-corrected chi connectivity index (χ0v) is 19.5. The quantitative estimate of drug-likeness (QED) is 0.707. The van der Waals surface area contributed by atoms with Crippen molar-refractivity contribution in [3.63, 3.8) is 0 Å². The smallest absolute Gasteiger partial charge is 0.230 e. The van der Waals surface area contributed by atoms with Crippen LogP contribution in [0.25, 0.3) is 0 Å². The highest BCUT2D eigenvalue weighted by Gasteiger charge is 2.36. The lowest BCUT2D eigenvalue weighted by Gasteiger charge is -2.36. The zero-order chi connectivity index (χ0) is 22.8. The molecular formula is C26H35N5O2. The fourth-order valence-corrected chi connectivity index (χ4v) is 5.65. The third-order valence-corrected chi connectivity index (χ3v) is 7.68. The lowest BCUT2D eigenvalue weighted by atomic mass is 9.96. The van der Waals surface area contributed by atoms with Gasteiger partial charge in [0.1, 0.15) is 5.60 Å². The van der Waals surface area contributed by atoms with Gasteiger partial charge in [-0.05, 0) is 56.5 Å². The molecule has 1 aromatic heterocycles. The molecule has 1 atom stereocenters. The monoisotopic (exact) mass is 449 g/mol. The van der Waals surface area contributed by atoms with Crippen LogP contribution in [0.4, 0.5) is 11.4 Å². The molecule has 3 aliphatic rings. The number of hydrogen-bond donors (Lipinski definition) is 2. The van der Waals surface area contributed by atoms with Crippen LogP contribution in [0.1, 0.15) is 43.4 Å². The average molecular weight is 450 g/mol. The molecule has 33 heavy (non-hydrogen) atoms. The van der Waals surface area contributed by atoms with Gasteiger partial charge in [0.15, 0.2) is 0 Å². The molecule has 1 amide bonds. The van der Waals surface area contributed by atoms with Crippen molar-refractivity contribution >= 4 is 17.3 Å². The van der Waals surface area contributed by atoms with E-state index in [0.717, 1.165) is 82.6 Å². The summed E-state index contributed by atoms with van der Waals surface area (Å²) in [5, 5.41) is 13.0. The minimum atomic E-state index is -0.793. The number of anilines is 2. The molecule has 0 spiro atoms. The van der Waals surface area contributed by atoms with Crippen molar-refractivity contribution in [3.8, 4) is 0 Å². The average Bonchev–Trinajstić information content (AvgIpc) is 3.46. The summed E-state index contributed by atoms with van der Waals surface area (Å²) < 4.78 is 0. The number of aromatic nitrogens is 1. The summed E-state index contributed by atoms with van der Waals surface area (Å²) in [5.74, 6) is 0.169. The SMILES string of the molecule is CNN1CCN(c2ccccc2CC2CCN(c3ccc(C4(O)CCCC4)nc3)C2=O)CC1. The minimum absolute atomic E-state index is 0.0107. The summed E-state index contributed by atoms with van der Waals surface area (Å²) in [6.07, 6.45) is 7.01. The molecule has 3 fully saturated rings. The summed E-state index contributed by atoms with van der Waals surface area (Å²) in [6.45, 7) is 4.65. The number of hydrazine groups is 1. The van der Waals surface area contributed by atoms with E-state index in [4.69, 9.17) is 0 Å². The van der Waals surface area contributed by atoms with Crippen molar-refractivity contribution in [1.29, 1.82) is 0 Å². The Kier molecular flexibility index (Phi) is 6.36. The van der Waals surface area contributed by atoms with Gasteiger partial charge in [0.2, 0.25) is 5.91 Å². The number of benzene rings is 1. The summed E-state index contributed by atoms with van der Waals surface area (Å²) in [6, 6.07) is 12.4. The van der Waals surface area contributed by atoms with Crippen molar-refractivity contribution < 1.29 is 9.90 Å². The van der Waals surface area contributed by atoms with E-state index in [1.807, 2.05) is 24.1 Å². The fourth-order valence-electron chi connectivity index (χ4n) is 5.65. The van der Waals surface area contributed by atoms with E-state index < -0.39 is 5.60 Å². The van der Waals surface area contributed by atoms with Crippen LogP contribution in [0.15, 0.2) is 42.6 Å². The molecular weight excluding hydrogens is 414 g/mol. The van der Waals surface area contributed by atoms with Gasteiger partial charge >= 0.3 is 0 Å². The van der Waals surface area contributed by atoms with E-state index in [9.17, 15) is 9.90 Å². The van der Waals surface area contributed by atoms with Crippen LogP contribution in [0.5, 0.6) is 0 Å². The van der Waals surface area contributed by atoms with Crippen molar-refractivity contribution in [3.05, 3.63) is 53.9 Å². The van der Waals surface area contributed by atoms with Crippen LogP contribution in [-0.4, -0.2) is 60.8 Å². The Morgan fingerprint density at radius 3 is 2.52 bits per heavy atom. The second-order valence-electron chi connectivity index (χ2n) is 9.65. The summed E-state index contributed by atoms with van der Waals surface area (Å²) in [7, 11) is 1.97. The number of para-hydroxylation sites is 1. The summed E-state index contributed by atoms with van der Waals surface area (Å²) >= 11 is 0. The van der Waals surface area contributed by atoms with Gasteiger partial charge in [-0.3, -0.25) is 15.2 Å². The van der Waals surface area contributed by atoms with E-state index in [-0.39, 0.29) is 11.8 Å². The highest BCUT2D eigenvalue weighted by Crippen LogP contribution is 2.38.